The molecular weight excluding hydrogens is 721 g/mol. The normalized spacial score (nSPS) is 13.9. The lowest BCUT2D eigenvalue weighted by molar-refractivity contribution is 0.0883. The molecule has 0 radical (unpaired) electrons. The minimum absolute atomic E-state index is 0.0188. The molecule has 0 spiro atoms. The molecule has 286 valence electrons. The summed E-state index contributed by atoms with van der Waals surface area (Å²) in [6.07, 6.45) is 4.10. The number of nitrogens with one attached hydrogen (secondary N) is 1. The van der Waals surface area contributed by atoms with Crippen LogP contribution in [0, 0.1) is 6.92 Å². The fraction of sp³-hybridized carbons (Fsp3) is 0.217. The van der Waals surface area contributed by atoms with Gasteiger partial charge in [-0.15, -0.1) is 0 Å². The van der Waals surface area contributed by atoms with Crippen molar-refractivity contribution in [2.24, 2.45) is 4.99 Å². The van der Waals surface area contributed by atoms with E-state index in [2.05, 4.69) is 9.98 Å². The number of hydrogen-bond acceptors (Lipinski definition) is 7. The van der Waals surface area contributed by atoms with Crippen molar-refractivity contribution in [3.05, 3.63) is 161 Å². The quantitative estimate of drug-likeness (QED) is 0.111. The number of benzene rings is 4. The van der Waals surface area contributed by atoms with Crippen molar-refractivity contribution in [2.75, 3.05) is 7.11 Å². The third-order valence-corrected chi connectivity index (χ3v) is 11.2. The third kappa shape index (κ3) is 8.41. The van der Waals surface area contributed by atoms with Crippen LogP contribution in [0.15, 0.2) is 138 Å². The number of phosphoric ester groups is 1. The summed E-state index contributed by atoms with van der Waals surface area (Å²) >= 11 is 0. The maximum atomic E-state index is 14.8. The molecule has 0 saturated heterocycles. The van der Waals surface area contributed by atoms with Crippen LogP contribution in [-0.2, 0) is 32.2 Å². The number of H-pyrrole nitrogens is 1. The van der Waals surface area contributed by atoms with Crippen LogP contribution in [0.3, 0.4) is 0 Å². The van der Waals surface area contributed by atoms with Crippen molar-refractivity contribution >= 4 is 36.4 Å². The summed E-state index contributed by atoms with van der Waals surface area (Å²) in [7, 11) is -2.57. The maximum absolute atomic E-state index is 14.8. The van der Waals surface area contributed by atoms with Crippen LogP contribution in [0.25, 0.3) is 28.4 Å². The Bertz CT molecular complexity index is 2480. The van der Waals surface area contributed by atoms with Crippen LogP contribution in [0.5, 0.6) is 11.5 Å². The standard InChI is InChI=1S/C46H46N3O6P/c1-31-16-15-23-42(55-56(51,53-29-34-17-9-7-10-18-34)54-30-35-19-11-8-12-20-35)45(31)46(4,5)28-44(50)49-40-22-14-13-21-36(40)25-41(49)38-27-43(52-6)39(48-38)26-37-32(2)24-33(3)47-37/h7-27,48H,28-30H2,1-6H3. The largest absolute Gasteiger partial charge is 0.530 e. The van der Waals surface area contributed by atoms with Gasteiger partial charge in [-0.3, -0.25) is 23.4 Å². The average molecular weight is 768 g/mol. The minimum Gasteiger partial charge on any atom is -0.494 e. The fourth-order valence-electron chi connectivity index (χ4n) is 7.26. The predicted molar refractivity (Wildman–Crippen MR) is 223 cm³/mol. The lowest BCUT2D eigenvalue weighted by Crippen LogP contribution is -2.27. The van der Waals surface area contributed by atoms with Gasteiger partial charge < -0.3 is 14.2 Å². The van der Waals surface area contributed by atoms with Gasteiger partial charge in [0.25, 0.3) is 0 Å². The minimum atomic E-state index is -4.20. The van der Waals surface area contributed by atoms with Crippen LogP contribution in [0.1, 0.15) is 66.9 Å². The van der Waals surface area contributed by atoms with E-state index in [1.807, 2.05) is 156 Å². The van der Waals surface area contributed by atoms with E-state index >= 15 is 0 Å². The monoisotopic (exact) mass is 767 g/mol. The van der Waals surface area contributed by atoms with Crippen molar-refractivity contribution in [1.29, 1.82) is 0 Å². The molecule has 0 saturated carbocycles. The zero-order valence-electron chi connectivity index (χ0n) is 32.5. The van der Waals surface area contributed by atoms with Gasteiger partial charge in [-0.1, -0.05) is 105 Å². The number of ether oxygens (including phenoxy) is 1. The lowest BCUT2D eigenvalue weighted by atomic mass is 9.78. The number of methoxy groups -OCH3 is 1. The molecule has 4 aromatic carbocycles. The highest BCUT2D eigenvalue weighted by atomic mass is 31.2. The van der Waals surface area contributed by atoms with Crippen LogP contribution in [-0.4, -0.2) is 28.3 Å². The Hall–Kier alpha value is -5.73. The average Bonchev–Trinajstić information content (AvgIpc) is 3.87. The molecule has 1 aliphatic rings. The number of aromatic amines is 1. The van der Waals surface area contributed by atoms with Gasteiger partial charge in [-0.05, 0) is 73.4 Å². The van der Waals surface area contributed by atoms with Gasteiger partial charge in [-0.2, -0.15) is 0 Å². The number of rotatable bonds is 14. The Kier molecular flexibility index (Phi) is 11.1. The first-order valence-corrected chi connectivity index (χ1v) is 20.0. The summed E-state index contributed by atoms with van der Waals surface area (Å²) in [6.45, 7) is 9.98. The number of fused-ring (bicyclic) bond motifs is 1. The lowest BCUT2D eigenvalue weighted by Gasteiger charge is -2.30. The van der Waals surface area contributed by atoms with Gasteiger partial charge in [0.05, 0.1) is 48.6 Å². The first-order chi connectivity index (χ1) is 26.9. The first-order valence-electron chi connectivity index (χ1n) is 18.6. The number of hydrogen-bond donors (Lipinski definition) is 1. The van der Waals surface area contributed by atoms with Gasteiger partial charge in [0.1, 0.15) is 11.5 Å². The summed E-state index contributed by atoms with van der Waals surface area (Å²) in [5.41, 5.74) is 8.26. The van der Waals surface area contributed by atoms with Crippen LogP contribution < -0.4 is 9.26 Å². The van der Waals surface area contributed by atoms with Gasteiger partial charge in [-0.25, -0.2) is 4.57 Å². The van der Waals surface area contributed by atoms with E-state index in [0.29, 0.717) is 17.2 Å². The molecule has 3 heterocycles. The first kappa shape index (κ1) is 38.5. The van der Waals surface area contributed by atoms with Crippen molar-refractivity contribution in [2.45, 2.75) is 59.7 Å². The molecule has 0 bridgehead atoms. The molecule has 0 amide bonds. The topological polar surface area (TPSA) is 104 Å². The zero-order chi connectivity index (χ0) is 39.5. The highest BCUT2D eigenvalue weighted by molar-refractivity contribution is 7.48. The molecule has 0 atom stereocenters. The highest BCUT2D eigenvalue weighted by Gasteiger charge is 2.36. The second-order valence-corrected chi connectivity index (χ2v) is 16.3. The number of allylic oxidation sites excluding steroid dienone is 2. The Labute approximate surface area is 327 Å². The third-order valence-electron chi connectivity index (χ3n) is 9.85. The van der Waals surface area contributed by atoms with Gasteiger partial charge >= 0.3 is 7.82 Å². The predicted octanol–water partition coefficient (Wildman–Crippen LogP) is 11.6. The Balaban J connectivity index is 1.22. The Morgan fingerprint density at radius 3 is 2.09 bits per heavy atom. The molecule has 7 rings (SSSR count). The van der Waals surface area contributed by atoms with E-state index in [1.165, 1.54) is 0 Å². The molecule has 1 aliphatic heterocycles. The summed E-state index contributed by atoms with van der Waals surface area (Å²) in [4.78, 5) is 23.0. The number of phosphoric acid groups is 1. The smallest absolute Gasteiger partial charge is 0.494 e. The molecule has 0 fully saturated rings. The van der Waals surface area contributed by atoms with E-state index in [0.717, 1.165) is 61.5 Å². The number of para-hydroxylation sites is 1. The second-order valence-electron chi connectivity index (χ2n) is 14.7. The summed E-state index contributed by atoms with van der Waals surface area (Å²) < 4.78 is 40.4. The van der Waals surface area contributed by atoms with Crippen molar-refractivity contribution in [1.82, 2.24) is 9.55 Å². The number of carbonyl (C=O) groups is 1. The highest BCUT2D eigenvalue weighted by Crippen LogP contribution is 2.53. The number of aryl methyl sites for hydroxylation is 1. The number of nitrogens with zero attached hydrogens (tertiary/aromatic N) is 2. The van der Waals surface area contributed by atoms with E-state index < -0.39 is 13.2 Å². The molecule has 1 N–H and O–H groups in total. The van der Waals surface area contributed by atoms with Crippen molar-refractivity contribution in [3.63, 3.8) is 0 Å². The maximum Gasteiger partial charge on any atom is 0.530 e. The van der Waals surface area contributed by atoms with E-state index in [-0.39, 0.29) is 25.5 Å². The van der Waals surface area contributed by atoms with E-state index in [1.54, 1.807) is 17.7 Å². The molecule has 56 heavy (non-hydrogen) atoms. The summed E-state index contributed by atoms with van der Waals surface area (Å²) in [5.74, 6) is 0.832. The summed E-state index contributed by atoms with van der Waals surface area (Å²) in [5, 5.41) is 0.920. The number of aliphatic imine (C=N–C) groups is 1. The fourth-order valence-corrected chi connectivity index (χ4v) is 8.45. The van der Waals surface area contributed by atoms with Gasteiger partial charge in [0, 0.05) is 34.6 Å². The van der Waals surface area contributed by atoms with E-state index in [4.69, 9.17) is 18.3 Å². The van der Waals surface area contributed by atoms with Crippen molar-refractivity contribution in [3.8, 4) is 22.9 Å². The number of carbonyl (C=O) groups excluding carboxylic acids is 1. The molecule has 10 heteroatoms. The van der Waals surface area contributed by atoms with Gasteiger partial charge in [0.15, 0.2) is 0 Å². The molecular formula is C46H46N3O6P. The molecule has 6 aromatic rings. The van der Waals surface area contributed by atoms with Crippen LogP contribution >= 0.6 is 7.82 Å². The van der Waals surface area contributed by atoms with Crippen molar-refractivity contribution < 1.29 is 27.7 Å². The Morgan fingerprint density at radius 1 is 0.821 bits per heavy atom. The van der Waals surface area contributed by atoms with Crippen LogP contribution in [0.2, 0.25) is 0 Å². The molecule has 2 aromatic heterocycles. The number of aromatic nitrogens is 2. The van der Waals surface area contributed by atoms with E-state index in [9.17, 15) is 9.36 Å². The molecule has 0 unspecified atom stereocenters. The zero-order valence-corrected chi connectivity index (χ0v) is 33.4. The SMILES string of the molecule is COc1cc(-c2cc3ccccc3n2C(=O)CC(C)(C)c2c(C)cccc2OP(=O)(OCc2ccccc2)OCc2ccccc2)[nH]c1C=C1N=C(C)C=C1C. The van der Waals surface area contributed by atoms with Gasteiger partial charge in [0.2, 0.25) is 5.91 Å². The van der Waals surface area contributed by atoms with Crippen LogP contribution in [0.4, 0.5) is 0 Å². The molecule has 9 nitrogen and oxygen atoms in total. The summed E-state index contributed by atoms with van der Waals surface area (Å²) in [6, 6.07) is 36.2. The molecule has 0 aliphatic carbocycles. The second kappa shape index (κ2) is 16.2. The Morgan fingerprint density at radius 2 is 1.46 bits per heavy atom.